The lowest BCUT2D eigenvalue weighted by Gasteiger charge is -2.08. The number of nitrogens with one attached hydrogen (secondary N) is 2. The van der Waals surface area contributed by atoms with E-state index in [-0.39, 0.29) is 4.90 Å². The predicted molar refractivity (Wildman–Crippen MR) is 98.4 cm³/mol. The van der Waals surface area contributed by atoms with Crippen LogP contribution in [-0.2, 0) is 16.4 Å². The van der Waals surface area contributed by atoms with Gasteiger partial charge in [-0.15, -0.1) is 16.2 Å². The quantitative estimate of drug-likeness (QED) is 0.687. The zero-order chi connectivity index (χ0) is 18.4. The number of carbonyl (C=O) groups is 1. The smallest absolute Gasteiger partial charge is 0.276 e. The molecule has 0 aliphatic heterocycles. The summed E-state index contributed by atoms with van der Waals surface area (Å²) in [5, 5.41) is 0. The van der Waals surface area contributed by atoms with Crippen LogP contribution in [0, 0.1) is 6.92 Å². The molecule has 1 amide bonds. The Kier molecular flexibility index (Phi) is 6.57. The molecular weight excluding hydrogens is 360 g/mol. The van der Waals surface area contributed by atoms with Crippen LogP contribution >= 0.6 is 11.3 Å². The van der Waals surface area contributed by atoms with Gasteiger partial charge in [-0.05, 0) is 56.2 Å². The van der Waals surface area contributed by atoms with Crippen molar-refractivity contribution >= 4 is 27.3 Å². The van der Waals surface area contributed by atoms with Crippen molar-refractivity contribution in [1.82, 2.24) is 10.3 Å². The third-order valence-corrected chi connectivity index (χ3v) is 5.86. The fourth-order valence-electron chi connectivity index (χ4n) is 2.26. The number of carbonyl (C=O) groups excluding carboxylic acids is 1. The van der Waals surface area contributed by atoms with Gasteiger partial charge in [0.05, 0.1) is 16.4 Å². The van der Waals surface area contributed by atoms with Crippen LogP contribution in [0.3, 0.4) is 0 Å². The van der Waals surface area contributed by atoms with E-state index in [9.17, 15) is 13.2 Å². The standard InChI is InChI=1S/C17H22N2O4S2/c1-4-6-13-11-16(24-12(13)3)17(20)18-19-25(21,22)15-9-7-14(8-10-15)23-5-2/h7-11,19H,4-6H2,1-3H3,(H,18,20). The van der Waals surface area contributed by atoms with Gasteiger partial charge in [0.15, 0.2) is 0 Å². The molecule has 0 radical (unpaired) electrons. The molecule has 0 atom stereocenters. The van der Waals surface area contributed by atoms with Crippen molar-refractivity contribution < 1.29 is 17.9 Å². The molecule has 0 aliphatic rings. The summed E-state index contributed by atoms with van der Waals surface area (Å²) in [6, 6.07) is 7.80. The van der Waals surface area contributed by atoms with Crippen LogP contribution < -0.4 is 15.0 Å². The third-order valence-electron chi connectivity index (χ3n) is 3.51. The second-order valence-corrected chi connectivity index (χ2v) is 8.34. The summed E-state index contributed by atoms with van der Waals surface area (Å²) in [7, 11) is -3.84. The number of thiophene rings is 1. The maximum absolute atomic E-state index is 12.2. The first-order valence-corrected chi connectivity index (χ1v) is 10.3. The number of benzene rings is 1. The number of sulfonamides is 1. The molecule has 0 fully saturated rings. The summed E-state index contributed by atoms with van der Waals surface area (Å²) in [4.78, 5) is 15.9. The van der Waals surface area contributed by atoms with Gasteiger partial charge in [-0.1, -0.05) is 13.3 Å². The van der Waals surface area contributed by atoms with Gasteiger partial charge in [0.25, 0.3) is 15.9 Å². The van der Waals surface area contributed by atoms with Gasteiger partial charge >= 0.3 is 0 Å². The highest BCUT2D eigenvalue weighted by Crippen LogP contribution is 2.22. The molecule has 0 saturated carbocycles. The Morgan fingerprint density at radius 1 is 1.20 bits per heavy atom. The molecule has 0 unspecified atom stereocenters. The molecule has 0 spiro atoms. The fourth-order valence-corrected chi connectivity index (χ4v) is 4.07. The number of hydrogen-bond acceptors (Lipinski definition) is 5. The number of amides is 1. The molecule has 6 nitrogen and oxygen atoms in total. The molecule has 8 heteroatoms. The highest BCUT2D eigenvalue weighted by molar-refractivity contribution is 7.89. The molecule has 25 heavy (non-hydrogen) atoms. The number of rotatable bonds is 8. The van der Waals surface area contributed by atoms with Gasteiger partial charge in [0.2, 0.25) is 0 Å². The monoisotopic (exact) mass is 382 g/mol. The van der Waals surface area contributed by atoms with Crippen molar-refractivity contribution in [2.45, 2.75) is 38.5 Å². The largest absolute Gasteiger partial charge is 0.494 e. The van der Waals surface area contributed by atoms with Crippen LogP contribution in [0.1, 0.15) is 40.4 Å². The molecule has 2 aromatic rings. The van der Waals surface area contributed by atoms with Crippen molar-refractivity contribution in [2.75, 3.05) is 6.61 Å². The van der Waals surface area contributed by atoms with E-state index in [1.807, 2.05) is 19.9 Å². The molecule has 1 heterocycles. The first-order chi connectivity index (χ1) is 11.9. The molecule has 2 N–H and O–H groups in total. The second-order valence-electron chi connectivity index (χ2n) is 5.41. The van der Waals surface area contributed by atoms with Crippen molar-refractivity contribution in [1.29, 1.82) is 0 Å². The van der Waals surface area contributed by atoms with Gasteiger partial charge in [0.1, 0.15) is 5.75 Å². The first kappa shape index (κ1) is 19.4. The van der Waals surface area contributed by atoms with Crippen molar-refractivity contribution in [3.8, 4) is 5.75 Å². The maximum atomic E-state index is 12.2. The average molecular weight is 383 g/mol. The zero-order valence-electron chi connectivity index (χ0n) is 14.5. The molecule has 0 aliphatic carbocycles. The van der Waals surface area contributed by atoms with E-state index in [0.717, 1.165) is 23.3 Å². The van der Waals surface area contributed by atoms with Crippen molar-refractivity contribution in [3.63, 3.8) is 0 Å². The normalized spacial score (nSPS) is 11.3. The summed E-state index contributed by atoms with van der Waals surface area (Å²) >= 11 is 1.35. The van der Waals surface area contributed by atoms with E-state index in [4.69, 9.17) is 4.74 Å². The minimum absolute atomic E-state index is 0.0466. The Hall–Kier alpha value is -1.90. The van der Waals surface area contributed by atoms with E-state index >= 15 is 0 Å². The Bertz CT molecular complexity index is 827. The third kappa shape index (κ3) is 5.04. The Morgan fingerprint density at radius 3 is 2.48 bits per heavy atom. The fraction of sp³-hybridized carbons (Fsp3) is 0.353. The summed E-state index contributed by atoms with van der Waals surface area (Å²) in [6.07, 6.45) is 1.89. The highest BCUT2D eigenvalue weighted by atomic mass is 32.2. The minimum atomic E-state index is -3.84. The van der Waals surface area contributed by atoms with E-state index in [1.54, 1.807) is 12.1 Å². The van der Waals surface area contributed by atoms with Crippen LogP contribution in [-0.4, -0.2) is 20.9 Å². The topological polar surface area (TPSA) is 84.5 Å². The number of ether oxygens (including phenoxy) is 1. The number of aryl methyl sites for hydroxylation is 2. The number of hydrogen-bond donors (Lipinski definition) is 2. The summed E-state index contributed by atoms with van der Waals surface area (Å²) in [5.74, 6) is 0.118. The molecule has 1 aromatic carbocycles. The minimum Gasteiger partial charge on any atom is -0.494 e. The van der Waals surface area contributed by atoms with Gasteiger partial charge < -0.3 is 4.74 Å². The Balaban J connectivity index is 2.03. The molecular formula is C17H22N2O4S2. The molecule has 0 bridgehead atoms. The second kappa shape index (κ2) is 8.46. The molecule has 136 valence electrons. The average Bonchev–Trinajstić information content (AvgIpc) is 2.95. The van der Waals surface area contributed by atoms with Crippen LogP contribution in [0.15, 0.2) is 35.2 Å². The van der Waals surface area contributed by atoms with Gasteiger partial charge in [-0.25, -0.2) is 8.42 Å². The zero-order valence-corrected chi connectivity index (χ0v) is 16.1. The van der Waals surface area contributed by atoms with Gasteiger partial charge in [0, 0.05) is 4.88 Å². The van der Waals surface area contributed by atoms with E-state index in [0.29, 0.717) is 17.2 Å². The highest BCUT2D eigenvalue weighted by Gasteiger charge is 2.17. The van der Waals surface area contributed by atoms with E-state index in [2.05, 4.69) is 17.2 Å². The van der Waals surface area contributed by atoms with Crippen LogP contribution in [0.25, 0.3) is 0 Å². The van der Waals surface area contributed by atoms with E-state index in [1.165, 1.54) is 23.5 Å². The van der Waals surface area contributed by atoms with Crippen LogP contribution in [0.4, 0.5) is 0 Å². The van der Waals surface area contributed by atoms with Crippen molar-refractivity contribution in [3.05, 3.63) is 45.6 Å². The lowest BCUT2D eigenvalue weighted by molar-refractivity contribution is 0.0949. The van der Waals surface area contributed by atoms with E-state index < -0.39 is 15.9 Å². The Labute approximate surface area is 152 Å². The van der Waals surface area contributed by atoms with Gasteiger partial charge in [-0.3, -0.25) is 10.2 Å². The molecule has 0 saturated heterocycles. The first-order valence-electron chi connectivity index (χ1n) is 8.01. The van der Waals surface area contributed by atoms with Crippen LogP contribution in [0.5, 0.6) is 5.75 Å². The van der Waals surface area contributed by atoms with Crippen molar-refractivity contribution in [2.24, 2.45) is 0 Å². The molecule has 1 aromatic heterocycles. The SMILES string of the molecule is CCCc1cc(C(=O)NNS(=O)(=O)c2ccc(OCC)cc2)sc1C. The summed E-state index contributed by atoms with van der Waals surface area (Å²) in [6.45, 7) is 6.37. The lowest BCUT2D eigenvalue weighted by atomic mass is 10.1. The molecule has 2 rings (SSSR count). The predicted octanol–water partition coefficient (Wildman–Crippen LogP) is 3.03. The maximum Gasteiger partial charge on any atom is 0.276 e. The van der Waals surface area contributed by atoms with Crippen LogP contribution in [0.2, 0.25) is 0 Å². The number of hydrazine groups is 1. The lowest BCUT2D eigenvalue weighted by Crippen LogP contribution is -2.41. The summed E-state index contributed by atoms with van der Waals surface area (Å²) < 4.78 is 29.8. The Morgan fingerprint density at radius 2 is 1.88 bits per heavy atom. The van der Waals surface area contributed by atoms with Gasteiger partial charge in [-0.2, -0.15) is 0 Å². The summed E-state index contributed by atoms with van der Waals surface area (Å²) in [5.41, 5.74) is 3.38.